The zero-order chi connectivity index (χ0) is 105. The van der Waals surface area contributed by atoms with Crippen LogP contribution in [-0.2, 0) is 83.6 Å². The summed E-state index contributed by atoms with van der Waals surface area (Å²) in [5, 5.41) is 49.9. The largest absolute Gasteiger partial charge is 0.497 e. The summed E-state index contributed by atoms with van der Waals surface area (Å²) < 4.78 is 30.0. The van der Waals surface area contributed by atoms with E-state index in [4.69, 9.17) is 29.4 Å². The maximum Gasteiger partial charge on any atom is 0.407 e. The number of nitrogens with one attached hydrogen (secondary N) is 6. The van der Waals surface area contributed by atoms with Crippen LogP contribution in [0, 0.1) is 107 Å². The van der Waals surface area contributed by atoms with E-state index in [1.807, 2.05) is 311 Å². The molecule has 0 bridgehead atoms. The van der Waals surface area contributed by atoms with Crippen molar-refractivity contribution in [1.29, 1.82) is 0 Å². The molecule has 764 valence electrons. The Bertz CT molecular complexity index is 5800. The summed E-state index contributed by atoms with van der Waals surface area (Å²) in [6.45, 7) is 27.3. The molecule has 7 amide bonds. The summed E-state index contributed by atoms with van der Waals surface area (Å²) in [6, 6.07) is 78.2. The highest BCUT2D eigenvalue weighted by molar-refractivity contribution is 5.86. The van der Waals surface area contributed by atoms with Gasteiger partial charge in [-0.1, -0.05) is 297 Å². The van der Waals surface area contributed by atoms with Crippen LogP contribution in [0.1, 0.15) is 192 Å². The number of esters is 2. The molecule has 6 aliphatic rings. The van der Waals surface area contributed by atoms with Crippen LogP contribution in [-0.4, -0.2) is 143 Å². The van der Waals surface area contributed by atoms with Gasteiger partial charge in [-0.2, -0.15) is 0 Å². The number of hydrogen-bond donors (Lipinski definition) is 7. The van der Waals surface area contributed by atoms with E-state index in [9.17, 15) is 78.3 Å². The molecule has 5 unspecified atom stereocenters. The average molecular weight is 1970 g/mol. The van der Waals surface area contributed by atoms with Crippen molar-refractivity contribution in [2.45, 2.75) is 203 Å². The summed E-state index contributed by atoms with van der Waals surface area (Å²) >= 11 is 0. The number of hydrogen-bond acceptors (Lipinski definition) is 23. The van der Waals surface area contributed by atoms with Gasteiger partial charge in [-0.15, -0.1) is 0 Å². The topological polar surface area (TPSA) is 457 Å². The molecule has 0 aromatic heterocycles. The summed E-state index contributed by atoms with van der Waals surface area (Å²) in [7, 11) is 2.80. The third kappa shape index (κ3) is 35.1. The monoisotopic (exact) mass is 1970 g/mol. The van der Waals surface area contributed by atoms with Crippen LogP contribution in [0.2, 0.25) is 0 Å². The van der Waals surface area contributed by atoms with Crippen LogP contribution in [0.25, 0.3) is 0 Å². The van der Waals surface area contributed by atoms with Gasteiger partial charge >= 0.3 is 24.1 Å². The maximum absolute atomic E-state index is 12.8. The molecule has 0 radical (unpaired) electrons. The van der Waals surface area contributed by atoms with Crippen molar-refractivity contribution in [3.05, 3.63) is 380 Å². The molecule has 10 aromatic carbocycles. The Labute approximate surface area is 840 Å². The number of ether oxygens (including phenoxy) is 6. The Morgan fingerprint density at radius 2 is 0.833 bits per heavy atom. The first-order valence-electron chi connectivity index (χ1n) is 47.6. The lowest BCUT2D eigenvalue weighted by Gasteiger charge is -2.26. The van der Waals surface area contributed by atoms with E-state index >= 15 is 0 Å². The normalized spacial score (nSPS) is 21.8. The predicted molar refractivity (Wildman–Crippen MR) is 544 cm³/mol. The van der Waals surface area contributed by atoms with E-state index in [2.05, 4.69) is 49.6 Å². The minimum Gasteiger partial charge on any atom is -0.497 e. The highest BCUT2D eigenvalue weighted by Crippen LogP contribution is 2.41. The van der Waals surface area contributed by atoms with E-state index in [0.29, 0.717) is 19.3 Å². The highest BCUT2D eigenvalue weighted by Gasteiger charge is 2.54. The summed E-state index contributed by atoms with van der Waals surface area (Å²) in [5.74, 6) is -3.23. The molecule has 6 aliphatic heterocycles. The molecule has 33 nitrogen and oxygen atoms in total. The van der Waals surface area contributed by atoms with Gasteiger partial charge in [-0.05, 0) is 150 Å². The van der Waals surface area contributed by atoms with Gasteiger partial charge in [0.1, 0.15) is 61.7 Å². The SMILES string of the molecule is CC(=O)OCc1ccccc1.CC1CCCO1.COC(=O)C(C)C[N+](=O)[O-].COc1ccc(CN2C(=O)C(C)[C@H]([N+](=O)[O-])[C@H]2c2cccc(C)c2)cc1.Cc1cccc(C=O)c1.Cc1cccc([C@H]2NC(=O)C(C)[C@@H]2N)c1.Cc1cccc([C@H]2NC(=O)C(C)[C@@H]2[N+](=O)[O-])c1.Cc1cccc([C@H]2NC(=O)[C@@H](C)[C@@H]2NC(=O)OCc2ccccc2)c1.Cc1cccc([C@H]2NC(=O)[C@H](C)[C@@H]2NC(=O)OCc2ccccc2)c1. The van der Waals surface area contributed by atoms with Gasteiger partial charge in [-0.3, -0.25) is 68.7 Å². The molecule has 144 heavy (non-hydrogen) atoms. The number of aldehydes is 1. The number of carbonyl (C=O) groups excluding carboxylic acids is 10. The van der Waals surface area contributed by atoms with Crippen LogP contribution >= 0.6 is 0 Å². The highest BCUT2D eigenvalue weighted by atomic mass is 16.6. The average Bonchev–Trinajstić information content (AvgIpc) is 1.61. The van der Waals surface area contributed by atoms with Crippen LogP contribution in [0.15, 0.2) is 261 Å². The fourth-order valence-electron chi connectivity index (χ4n) is 16.8. The van der Waals surface area contributed by atoms with E-state index < -0.39 is 65.0 Å². The number of nitrogens with two attached hydrogens (primary N) is 1. The number of benzene rings is 10. The fraction of sp³-hybridized carbons (Fsp3) is 0.369. The molecule has 8 N–H and O–H groups in total. The summed E-state index contributed by atoms with van der Waals surface area (Å²) in [6.07, 6.45) is 2.89. The molecule has 6 fully saturated rings. The van der Waals surface area contributed by atoms with Crippen molar-refractivity contribution in [3.8, 4) is 5.75 Å². The second-order valence-electron chi connectivity index (χ2n) is 36.4. The number of rotatable bonds is 22. The zero-order valence-electron chi connectivity index (χ0n) is 84.2. The van der Waals surface area contributed by atoms with Gasteiger partial charge in [0, 0.05) is 46.5 Å². The van der Waals surface area contributed by atoms with Crippen LogP contribution in [0.4, 0.5) is 9.59 Å². The Morgan fingerprint density at radius 3 is 1.18 bits per heavy atom. The first-order valence-corrected chi connectivity index (χ1v) is 47.6. The number of methoxy groups -OCH3 is 2. The van der Waals surface area contributed by atoms with Gasteiger partial charge in [-0.25, -0.2) is 9.59 Å². The number of carbonyl (C=O) groups is 10. The molecule has 0 aliphatic carbocycles. The molecule has 10 aromatic rings. The fourth-order valence-corrected chi connectivity index (χ4v) is 16.8. The minimum atomic E-state index is -0.956. The molecule has 6 saturated heterocycles. The van der Waals surface area contributed by atoms with E-state index in [1.165, 1.54) is 39.4 Å². The maximum atomic E-state index is 12.8. The zero-order valence-corrected chi connectivity index (χ0v) is 84.2. The van der Waals surface area contributed by atoms with Gasteiger partial charge in [0.05, 0.1) is 68.3 Å². The number of likely N-dealkylation sites (tertiary alicyclic amines) is 1. The van der Waals surface area contributed by atoms with Crippen molar-refractivity contribution in [1.82, 2.24) is 36.8 Å². The number of alkyl carbamates (subject to hydrolysis) is 2. The Hall–Kier alpha value is -15.4. The van der Waals surface area contributed by atoms with Crippen LogP contribution in [0.5, 0.6) is 5.75 Å². The summed E-state index contributed by atoms with van der Waals surface area (Å²) in [4.78, 5) is 149. The van der Waals surface area contributed by atoms with Gasteiger partial charge < -0.3 is 71.0 Å². The molecule has 6 heterocycles. The summed E-state index contributed by atoms with van der Waals surface area (Å²) in [5.41, 5.74) is 21.7. The Kier molecular flexibility index (Phi) is 45.0. The molecule has 16 rings (SSSR count). The molecular formula is C111H133N11O22. The molecular weight excluding hydrogens is 1840 g/mol. The number of aryl methyl sites for hydroxylation is 6. The van der Waals surface area contributed by atoms with E-state index in [-0.39, 0.29) is 119 Å². The first kappa shape index (κ1) is 114. The van der Waals surface area contributed by atoms with E-state index in [1.54, 1.807) is 31.9 Å². The molecule has 33 heteroatoms. The Morgan fingerprint density at radius 1 is 0.458 bits per heavy atom. The second kappa shape index (κ2) is 56.9. The Balaban J connectivity index is 0.000000204. The number of nitrogens with zero attached hydrogens (tertiary/aromatic N) is 4. The third-order valence-corrected chi connectivity index (χ3v) is 24.9. The number of amides is 7. The van der Waals surface area contributed by atoms with Crippen LogP contribution in [0.3, 0.4) is 0 Å². The molecule has 0 saturated carbocycles. The van der Waals surface area contributed by atoms with Crippen molar-refractivity contribution in [3.63, 3.8) is 0 Å². The van der Waals surface area contributed by atoms with E-state index in [0.717, 1.165) is 102 Å². The second-order valence-corrected chi connectivity index (χ2v) is 36.4. The van der Waals surface area contributed by atoms with Gasteiger partial charge in [0.15, 0.2) is 0 Å². The third-order valence-electron chi connectivity index (χ3n) is 24.9. The van der Waals surface area contributed by atoms with Crippen molar-refractivity contribution in [2.75, 3.05) is 27.4 Å². The minimum absolute atomic E-state index is 0.0348. The lowest BCUT2D eigenvalue weighted by atomic mass is 9.94. The van der Waals surface area contributed by atoms with Crippen LogP contribution < -0.4 is 42.4 Å². The van der Waals surface area contributed by atoms with Gasteiger partial charge in [0.25, 0.3) is 0 Å². The standard InChI is InChI=1S/C20H22N2O4.2C20H22N2O3.C12H14N2O3.C12H16N2O.C9H10O2.C8H8O.C5H9NO4.C5H10O/c1-13-5-4-6-16(11-13)19-18(22(24)25)14(2)20(23)21(19)12-15-7-9-17(26-3)10-8-15;2*1-13-7-6-10-16(11-13)18-17(14(2)19(23)21-18)22-20(24)25-12-15-8-4-3-5-9-15;1-7-4-3-5-9(6-7)10-11(14(16)17)8(2)12(15)13-10;1-7-4-3-5-9(6-7)11-10(13)8(2)12(15)14-11;1-8(10)11-7-9-5-3-2-4-6-9;1-7-3-2-4-8(5-7)6-9;1-4(3-6(8)9)5(7)10-2;1-5-3-2-4-6-5/h4-11,14,18-19H,12H2,1-3H3;2*3-11,14,17-18H,12H2,1-2H3,(H,21,23)(H,22,24);3-6,8,10-11H,1-2H3,(H,13,15);3-6,8,10-11H,13H2,1-2H3,(H,14,15);2-6H,7H2,1H3;2-6H,1H3;4H,3H2,1-2H3;5H,2-4H2,1H3/t14?,18-,19+;14-,17+,18-;14-,17-,18+;2*8?,10-,11+;;;;/m01010..../s1. The quantitative estimate of drug-likeness (QED) is 0.0109. The van der Waals surface area contributed by atoms with Gasteiger partial charge in [0.2, 0.25) is 48.2 Å². The predicted octanol–water partition coefficient (Wildman–Crippen LogP) is 17.0. The lowest BCUT2D eigenvalue weighted by molar-refractivity contribution is -0.532. The lowest BCUT2D eigenvalue weighted by Crippen LogP contribution is -2.41. The van der Waals surface area contributed by atoms with Crippen molar-refractivity contribution in [2.24, 2.45) is 41.2 Å². The molecule has 0 spiro atoms. The van der Waals surface area contributed by atoms with Crippen molar-refractivity contribution < 1.29 is 91.1 Å². The molecule has 17 atom stereocenters. The number of nitro groups is 3. The van der Waals surface area contributed by atoms with Crippen molar-refractivity contribution >= 4 is 59.9 Å². The smallest absolute Gasteiger partial charge is 0.407 e. The first-order chi connectivity index (χ1) is 68.7.